The molecule has 0 bridgehead atoms. The first-order valence-electron chi connectivity index (χ1n) is 7.19. The molecule has 0 amide bonds. The Balaban J connectivity index is 2.13. The number of fused-ring (bicyclic) bond motifs is 2. The summed E-state index contributed by atoms with van der Waals surface area (Å²) in [5.74, 6) is 0.667. The molecule has 6 heteroatoms. The molecule has 1 unspecified atom stereocenters. The summed E-state index contributed by atoms with van der Waals surface area (Å²) in [6.07, 6.45) is 3.92. The third kappa shape index (κ3) is 2.62. The highest BCUT2D eigenvalue weighted by Crippen LogP contribution is 2.46. The highest BCUT2D eigenvalue weighted by Gasteiger charge is 2.29. The second-order valence-corrected chi connectivity index (χ2v) is 6.25. The van der Waals surface area contributed by atoms with Crippen molar-refractivity contribution in [1.29, 1.82) is 0 Å². The Hall–Kier alpha value is -1.27. The number of ether oxygens (including phenoxy) is 2. The van der Waals surface area contributed by atoms with Gasteiger partial charge in [-0.1, -0.05) is 0 Å². The molecule has 0 saturated carbocycles. The minimum Gasteiger partial charge on any atom is -0.493 e. The average Bonchev–Trinajstić information content (AvgIpc) is 2.51. The number of benzene rings is 1. The second-order valence-electron chi connectivity index (χ2n) is 5.46. The molecule has 21 heavy (non-hydrogen) atoms. The molecule has 1 aromatic rings. The molecule has 114 valence electrons. The summed E-state index contributed by atoms with van der Waals surface area (Å²) in [5.41, 5.74) is 8.78. The molecular weight excluding hydrogens is 338 g/mol. The third-order valence-electron chi connectivity index (χ3n) is 4.03. The van der Waals surface area contributed by atoms with Crippen molar-refractivity contribution in [1.82, 2.24) is 0 Å². The van der Waals surface area contributed by atoms with Crippen molar-refractivity contribution >= 4 is 21.9 Å². The Labute approximate surface area is 131 Å². The minimum absolute atomic E-state index is 0.274. The fourth-order valence-corrected chi connectivity index (χ4v) is 3.74. The molecule has 1 atom stereocenters. The van der Waals surface area contributed by atoms with Gasteiger partial charge in [-0.25, -0.2) is 0 Å². The number of carboxylic acids is 1. The van der Waals surface area contributed by atoms with E-state index in [1.165, 1.54) is 0 Å². The monoisotopic (exact) mass is 355 g/mol. The summed E-state index contributed by atoms with van der Waals surface area (Å²) >= 11 is 3.63. The zero-order valence-corrected chi connectivity index (χ0v) is 13.2. The van der Waals surface area contributed by atoms with E-state index in [0.29, 0.717) is 13.2 Å². The summed E-state index contributed by atoms with van der Waals surface area (Å²) in [4.78, 5) is 11.1. The van der Waals surface area contributed by atoms with Gasteiger partial charge in [0.15, 0.2) is 0 Å². The predicted molar refractivity (Wildman–Crippen MR) is 81.1 cm³/mol. The average molecular weight is 356 g/mol. The topological polar surface area (TPSA) is 81.8 Å². The van der Waals surface area contributed by atoms with Gasteiger partial charge in [0.05, 0.1) is 17.7 Å². The number of hydrogen-bond acceptors (Lipinski definition) is 4. The number of hydrogen-bond donors (Lipinski definition) is 2. The van der Waals surface area contributed by atoms with Crippen molar-refractivity contribution in [2.45, 2.75) is 38.1 Å². The Bertz CT molecular complexity index is 551. The second kappa shape index (κ2) is 5.85. The van der Waals surface area contributed by atoms with Gasteiger partial charge in [0.25, 0.3) is 0 Å². The predicted octanol–water partition coefficient (Wildman–Crippen LogP) is 2.05. The maximum atomic E-state index is 11.1. The zero-order valence-electron chi connectivity index (χ0n) is 11.7. The minimum atomic E-state index is -0.993. The van der Waals surface area contributed by atoms with Gasteiger partial charge in [0, 0.05) is 23.1 Å². The fourth-order valence-electron chi connectivity index (χ4n) is 3.01. The van der Waals surface area contributed by atoms with Crippen LogP contribution in [0.15, 0.2) is 4.47 Å². The summed E-state index contributed by atoms with van der Waals surface area (Å²) in [7, 11) is 0. The van der Waals surface area contributed by atoms with Gasteiger partial charge in [-0.2, -0.15) is 0 Å². The van der Waals surface area contributed by atoms with Crippen LogP contribution in [0.5, 0.6) is 11.5 Å². The first-order valence-corrected chi connectivity index (χ1v) is 7.99. The Morgan fingerprint density at radius 1 is 1.19 bits per heavy atom. The third-order valence-corrected chi connectivity index (χ3v) is 4.87. The lowest BCUT2D eigenvalue weighted by Gasteiger charge is -2.29. The molecule has 0 radical (unpaired) electrons. The van der Waals surface area contributed by atoms with Crippen LogP contribution in [0.25, 0.3) is 0 Å². The Kier molecular flexibility index (Phi) is 4.08. The molecule has 0 aliphatic carbocycles. The lowest BCUT2D eigenvalue weighted by molar-refractivity contribution is -0.138. The molecule has 5 nitrogen and oxygen atoms in total. The number of nitrogens with two attached hydrogens (primary N) is 1. The van der Waals surface area contributed by atoms with Gasteiger partial charge < -0.3 is 20.3 Å². The van der Waals surface area contributed by atoms with Crippen LogP contribution in [0.2, 0.25) is 0 Å². The highest BCUT2D eigenvalue weighted by molar-refractivity contribution is 9.10. The van der Waals surface area contributed by atoms with Crippen molar-refractivity contribution < 1.29 is 19.4 Å². The highest BCUT2D eigenvalue weighted by atomic mass is 79.9. The van der Waals surface area contributed by atoms with E-state index in [0.717, 1.165) is 58.3 Å². The molecule has 3 rings (SSSR count). The van der Waals surface area contributed by atoms with Gasteiger partial charge >= 0.3 is 5.97 Å². The number of halogens is 1. The lowest BCUT2D eigenvalue weighted by atomic mass is 9.90. The van der Waals surface area contributed by atoms with E-state index in [1.54, 1.807) is 0 Å². The first kappa shape index (κ1) is 14.7. The van der Waals surface area contributed by atoms with E-state index in [4.69, 9.17) is 20.3 Å². The van der Waals surface area contributed by atoms with E-state index in [1.807, 2.05) is 0 Å². The van der Waals surface area contributed by atoms with E-state index >= 15 is 0 Å². The lowest BCUT2D eigenvalue weighted by Crippen LogP contribution is -2.33. The van der Waals surface area contributed by atoms with Crippen molar-refractivity contribution in [3.05, 3.63) is 21.2 Å². The van der Waals surface area contributed by atoms with Gasteiger partial charge in [-0.3, -0.25) is 4.79 Å². The van der Waals surface area contributed by atoms with Crippen LogP contribution in [0.1, 0.15) is 29.5 Å². The molecule has 2 heterocycles. The smallest absolute Gasteiger partial charge is 0.320 e. The summed E-state index contributed by atoms with van der Waals surface area (Å²) in [6.45, 7) is 1.35. The molecule has 2 aliphatic rings. The molecule has 3 N–H and O–H groups in total. The first-order chi connectivity index (χ1) is 10.1. The zero-order chi connectivity index (χ0) is 15.0. The van der Waals surface area contributed by atoms with E-state index < -0.39 is 12.0 Å². The van der Waals surface area contributed by atoms with Crippen LogP contribution in [0.3, 0.4) is 0 Å². The van der Waals surface area contributed by atoms with Crippen molar-refractivity contribution in [2.75, 3.05) is 13.2 Å². The number of carboxylic acid groups (broad SMARTS) is 1. The van der Waals surface area contributed by atoms with Crippen LogP contribution in [-0.2, 0) is 24.1 Å². The van der Waals surface area contributed by atoms with Gasteiger partial charge in [0.1, 0.15) is 17.5 Å². The maximum Gasteiger partial charge on any atom is 0.320 e. The molecule has 2 aliphatic heterocycles. The van der Waals surface area contributed by atoms with E-state index in [2.05, 4.69) is 15.9 Å². The Morgan fingerprint density at radius 2 is 1.81 bits per heavy atom. The summed E-state index contributed by atoms with van der Waals surface area (Å²) in [6, 6.07) is -0.924. The standard InChI is InChI=1S/C15H18BrNO4/c16-12-9-4-2-5-20-13(9)10(7-11(17)15(18)19)8-3-1-6-21-14(8)12/h11H,1-7,17H2,(H,18,19). The Morgan fingerprint density at radius 3 is 2.48 bits per heavy atom. The maximum absolute atomic E-state index is 11.1. The molecule has 0 aromatic heterocycles. The van der Waals surface area contributed by atoms with Gasteiger partial charge in [0.2, 0.25) is 0 Å². The number of carbonyl (C=O) groups is 1. The van der Waals surface area contributed by atoms with Gasteiger partial charge in [-0.15, -0.1) is 0 Å². The number of aliphatic carboxylic acids is 1. The van der Waals surface area contributed by atoms with Crippen molar-refractivity contribution in [2.24, 2.45) is 5.73 Å². The number of rotatable bonds is 3. The van der Waals surface area contributed by atoms with Crippen molar-refractivity contribution in [3.8, 4) is 11.5 Å². The quantitative estimate of drug-likeness (QED) is 0.866. The fraction of sp³-hybridized carbons (Fsp3) is 0.533. The molecule has 1 aromatic carbocycles. The van der Waals surface area contributed by atoms with Crippen LogP contribution < -0.4 is 15.2 Å². The van der Waals surface area contributed by atoms with E-state index in [-0.39, 0.29) is 6.42 Å². The SMILES string of the molecule is NC(Cc1c2c(c(Br)c3c1OCCC3)OCCC2)C(=O)O. The van der Waals surface area contributed by atoms with Crippen LogP contribution in [0, 0.1) is 0 Å². The van der Waals surface area contributed by atoms with Crippen LogP contribution in [0.4, 0.5) is 0 Å². The van der Waals surface area contributed by atoms with Gasteiger partial charge in [-0.05, 0) is 41.6 Å². The van der Waals surface area contributed by atoms with E-state index in [9.17, 15) is 4.79 Å². The summed E-state index contributed by atoms with van der Waals surface area (Å²) < 4.78 is 12.6. The normalized spacial score (nSPS) is 18.0. The molecule has 0 fully saturated rings. The van der Waals surface area contributed by atoms with Crippen LogP contribution in [-0.4, -0.2) is 30.3 Å². The summed E-state index contributed by atoms with van der Waals surface area (Å²) in [5, 5.41) is 9.10. The van der Waals surface area contributed by atoms with Crippen LogP contribution >= 0.6 is 15.9 Å². The molecular formula is C15H18BrNO4. The molecule has 0 spiro atoms. The van der Waals surface area contributed by atoms with Crippen molar-refractivity contribution in [3.63, 3.8) is 0 Å². The molecule has 0 saturated heterocycles. The largest absolute Gasteiger partial charge is 0.493 e.